The number of rotatable bonds is 4. The molecule has 0 aromatic rings. The van der Waals surface area contributed by atoms with E-state index in [0.29, 0.717) is 6.61 Å². The molecule has 1 unspecified atom stereocenters. The van der Waals surface area contributed by atoms with Gasteiger partial charge in [0.25, 0.3) is 0 Å². The van der Waals surface area contributed by atoms with E-state index in [4.69, 9.17) is 4.74 Å². The highest BCUT2D eigenvalue weighted by atomic mass is 16.5. The zero-order chi connectivity index (χ0) is 12.7. The lowest BCUT2D eigenvalue weighted by molar-refractivity contribution is 0.0880. The summed E-state index contributed by atoms with van der Waals surface area (Å²) >= 11 is 0. The topological polar surface area (TPSA) is 36.9 Å². The molecule has 1 aliphatic rings. The number of hydrogen-bond donors (Lipinski definition) is 1. The zero-order valence-electron chi connectivity index (χ0n) is 10.6. The first-order valence-corrected chi connectivity index (χ1v) is 5.70. The Morgan fingerprint density at radius 3 is 2.76 bits per heavy atom. The average molecular weight is 235 g/mol. The van der Waals surface area contributed by atoms with Gasteiger partial charge in [-0.3, -0.25) is 4.99 Å². The Labute approximate surface area is 103 Å². The summed E-state index contributed by atoms with van der Waals surface area (Å²) in [6.07, 6.45) is 5.57. The molecule has 1 saturated heterocycles. The highest BCUT2D eigenvalue weighted by Crippen LogP contribution is 2.09. The molecule has 0 aliphatic carbocycles. The molecule has 1 fully saturated rings. The minimum absolute atomic E-state index is 0.191. The van der Waals surface area contributed by atoms with Gasteiger partial charge in [0.1, 0.15) is 5.84 Å². The van der Waals surface area contributed by atoms with E-state index in [-0.39, 0.29) is 6.04 Å². The highest BCUT2D eigenvalue weighted by Gasteiger charge is 2.16. The molecule has 4 nitrogen and oxygen atoms in total. The molecule has 1 heterocycles. The molecule has 0 aromatic heterocycles. The van der Waals surface area contributed by atoms with Gasteiger partial charge in [-0.25, -0.2) is 0 Å². The zero-order valence-corrected chi connectivity index (χ0v) is 10.6. The second-order valence-corrected chi connectivity index (χ2v) is 3.81. The number of nitrogens with one attached hydrogen (secondary N) is 1. The van der Waals surface area contributed by atoms with Crippen molar-refractivity contribution in [3.05, 3.63) is 37.1 Å². The first kappa shape index (κ1) is 13.7. The molecular weight excluding hydrogens is 214 g/mol. The molecule has 0 radical (unpaired) electrons. The Bertz CT molecular complexity index is 328. The van der Waals surface area contributed by atoms with Crippen LogP contribution in [0.4, 0.5) is 0 Å². The number of amidine groups is 1. The molecule has 1 atom stereocenters. The van der Waals surface area contributed by atoms with Gasteiger partial charge in [-0.05, 0) is 17.8 Å². The Morgan fingerprint density at radius 2 is 2.29 bits per heavy atom. The van der Waals surface area contributed by atoms with Crippen LogP contribution in [0.3, 0.4) is 0 Å². The maximum Gasteiger partial charge on any atom is 0.127 e. The minimum atomic E-state index is 0.191. The van der Waals surface area contributed by atoms with Crippen molar-refractivity contribution >= 4 is 5.84 Å². The number of aliphatic imine (C=N–C) groups is 1. The van der Waals surface area contributed by atoms with Gasteiger partial charge in [-0.15, -0.1) is 0 Å². The van der Waals surface area contributed by atoms with Gasteiger partial charge in [0.2, 0.25) is 0 Å². The van der Waals surface area contributed by atoms with Crippen molar-refractivity contribution in [3.63, 3.8) is 0 Å². The lowest BCUT2D eigenvalue weighted by Gasteiger charge is -2.25. The molecule has 0 aromatic carbocycles. The number of hydrogen-bond acceptors (Lipinski definition) is 3. The number of nitrogens with zero attached hydrogens (tertiary/aromatic N) is 2. The monoisotopic (exact) mass is 235 g/mol. The number of ether oxygens (including phenoxy) is 1. The van der Waals surface area contributed by atoms with Crippen molar-refractivity contribution < 1.29 is 4.74 Å². The first-order valence-electron chi connectivity index (χ1n) is 5.70. The fraction of sp³-hybridized carbons (Fsp3) is 0.462. The molecule has 0 amide bonds. The van der Waals surface area contributed by atoms with Crippen LogP contribution in [0, 0.1) is 0 Å². The van der Waals surface area contributed by atoms with Gasteiger partial charge in [0.15, 0.2) is 0 Å². The molecule has 1 aliphatic heterocycles. The lowest BCUT2D eigenvalue weighted by atomic mass is 10.1. The predicted octanol–water partition coefficient (Wildman–Crippen LogP) is 1.19. The summed E-state index contributed by atoms with van der Waals surface area (Å²) in [4.78, 5) is 6.09. The van der Waals surface area contributed by atoms with Gasteiger partial charge in [-0.1, -0.05) is 19.2 Å². The summed E-state index contributed by atoms with van der Waals surface area (Å²) < 4.78 is 5.44. The predicted molar refractivity (Wildman–Crippen MR) is 72.2 cm³/mol. The van der Waals surface area contributed by atoms with Crippen LogP contribution in [0.2, 0.25) is 0 Å². The summed E-state index contributed by atoms with van der Waals surface area (Å²) in [5.74, 6) is 0.849. The van der Waals surface area contributed by atoms with E-state index < -0.39 is 0 Å². The average Bonchev–Trinajstić information content (AvgIpc) is 2.40. The smallest absolute Gasteiger partial charge is 0.127 e. The minimum Gasteiger partial charge on any atom is -0.378 e. The van der Waals surface area contributed by atoms with Gasteiger partial charge in [0, 0.05) is 20.6 Å². The third kappa shape index (κ3) is 3.84. The Kier molecular flexibility index (Phi) is 5.66. The van der Waals surface area contributed by atoms with E-state index >= 15 is 0 Å². The van der Waals surface area contributed by atoms with E-state index in [9.17, 15) is 0 Å². The van der Waals surface area contributed by atoms with Gasteiger partial charge in [-0.2, -0.15) is 0 Å². The van der Waals surface area contributed by atoms with Crippen molar-refractivity contribution in [2.24, 2.45) is 4.99 Å². The van der Waals surface area contributed by atoms with Crippen LogP contribution in [0.15, 0.2) is 42.1 Å². The van der Waals surface area contributed by atoms with E-state index in [1.807, 2.05) is 24.1 Å². The summed E-state index contributed by atoms with van der Waals surface area (Å²) in [5, 5.41) is 3.39. The maximum absolute atomic E-state index is 5.44. The van der Waals surface area contributed by atoms with Crippen LogP contribution >= 0.6 is 0 Å². The first-order chi connectivity index (χ1) is 8.22. The summed E-state index contributed by atoms with van der Waals surface area (Å²) in [6, 6.07) is 0.191. The summed E-state index contributed by atoms with van der Waals surface area (Å²) in [6.45, 7) is 9.88. The highest BCUT2D eigenvalue weighted by molar-refractivity contribution is 5.94. The third-order valence-electron chi connectivity index (χ3n) is 2.72. The molecule has 94 valence electrons. The fourth-order valence-corrected chi connectivity index (χ4v) is 1.65. The fourth-order valence-electron chi connectivity index (χ4n) is 1.65. The number of likely N-dealkylation sites (N-methyl/N-ethyl adjacent to an activating group) is 1. The van der Waals surface area contributed by atoms with Crippen LogP contribution in [-0.4, -0.2) is 50.6 Å². The summed E-state index contributed by atoms with van der Waals surface area (Å²) in [5.41, 5.74) is 1.08. The van der Waals surface area contributed by atoms with Crippen LogP contribution < -0.4 is 5.32 Å². The van der Waals surface area contributed by atoms with Crippen molar-refractivity contribution in [2.45, 2.75) is 6.04 Å². The quantitative estimate of drug-likeness (QED) is 0.452. The summed E-state index contributed by atoms with van der Waals surface area (Å²) in [7, 11) is 3.68. The second-order valence-electron chi connectivity index (χ2n) is 3.81. The van der Waals surface area contributed by atoms with Gasteiger partial charge in [0.05, 0.1) is 19.3 Å². The third-order valence-corrected chi connectivity index (χ3v) is 2.72. The second kappa shape index (κ2) is 7.04. The number of morpholine rings is 1. The van der Waals surface area contributed by atoms with Gasteiger partial charge < -0.3 is 15.0 Å². The molecular formula is C13H21N3O. The molecule has 0 bridgehead atoms. The normalized spacial score (nSPS) is 22.1. The van der Waals surface area contributed by atoms with E-state index in [0.717, 1.165) is 24.6 Å². The standard InChI is InChI=1S/C13H21N3O/c1-5-11(12-10-17-8-7-15-12)9-13(14-3)16(4)6-2/h5-6,9,12,15H,1-2,7-8,10H2,3-4H3/b11-9+,14-13?. The molecule has 1 rings (SSSR count). The van der Waals surface area contributed by atoms with E-state index in [1.165, 1.54) is 0 Å². The lowest BCUT2D eigenvalue weighted by Crippen LogP contribution is -2.42. The SMILES string of the molecule is C=C/C(=C\C(=NC)N(C)C=C)C1COCCN1. The van der Waals surface area contributed by atoms with Crippen LogP contribution in [0.1, 0.15) is 0 Å². The Balaban J connectivity index is 2.83. The van der Waals surface area contributed by atoms with E-state index in [2.05, 4.69) is 23.5 Å². The maximum atomic E-state index is 5.44. The van der Waals surface area contributed by atoms with E-state index in [1.54, 1.807) is 13.2 Å². The molecule has 0 spiro atoms. The largest absolute Gasteiger partial charge is 0.378 e. The van der Waals surface area contributed by atoms with Crippen molar-refractivity contribution in [1.82, 2.24) is 10.2 Å². The van der Waals surface area contributed by atoms with Crippen molar-refractivity contribution in [2.75, 3.05) is 33.9 Å². The van der Waals surface area contributed by atoms with Crippen LogP contribution in [-0.2, 0) is 4.74 Å². The van der Waals surface area contributed by atoms with Crippen molar-refractivity contribution in [1.29, 1.82) is 0 Å². The van der Waals surface area contributed by atoms with Crippen LogP contribution in [0.5, 0.6) is 0 Å². The molecule has 1 N–H and O–H groups in total. The van der Waals surface area contributed by atoms with Crippen molar-refractivity contribution in [3.8, 4) is 0 Å². The Morgan fingerprint density at radius 1 is 1.53 bits per heavy atom. The molecule has 4 heteroatoms. The Hall–Kier alpha value is -1.39. The molecule has 0 saturated carbocycles. The van der Waals surface area contributed by atoms with Crippen LogP contribution in [0.25, 0.3) is 0 Å². The molecule has 17 heavy (non-hydrogen) atoms. The van der Waals surface area contributed by atoms with Gasteiger partial charge >= 0.3 is 0 Å².